The first-order valence-electron chi connectivity index (χ1n) is 9.14. The number of rotatable bonds is 9. The predicted octanol–water partition coefficient (Wildman–Crippen LogP) is 4.83. The molecule has 25 heavy (non-hydrogen) atoms. The highest BCUT2D eigenvalue weighted by atomic mass is 33.1. The third-order valence-corrected chi connectivity index (χ3v) is 7.62. The predicted molar refractivity (Wildman–Crippen MR) is 109 cm³/mol. The summed E-state index contributed by atoms with van der Waals surface area (Å²) in [6.45, 7) is 0. The van der Waals surface area contributed by atoms with E-state index < -0.39 is 0 Å². The zero-order valence-corrected chi connectivity index (χ0v) is 16.2. The van der Waals surface area contributed by atoms with Gasteiger partial charge >= 0.3 is 0 Å². The minimum absolute atomic E-state index is 0.0617. The molecule has 1 saturated carbocycles. The number of carbonyl (C=O) groups excluding carboxylic acids is 1. The van der Waals surface area contributed by atoms with Gasteiger partial charge in [-0.15, -0.1) is 0 Å². The molecule has 133 valence electrons. The fourth-order valence-electron chi connectivity index (χ4n) is 3.21. The zero-order chi connectivity index (χ0) is 17.3. The van der Waals surface area contributed by atoms with Crippen molar-refractivity contribution in [3.8, 4) is 0 Å². The number of unbranched alkanes of at least 4 members (excludes halogenated alkanes) is 1. The van der Waals surface area contributed by atoms with Crippen molar-refractivity contribution in [3.63, 3.8) is 0 Å². The Morgan fingerprint density at radius 2 is 1.96 bits per heavy atom. The molecular weight excluding hydrogens is 346 g/mol. The van der Waals surface area contributed by atoms with Crippen molar-refractivity contribution < 1.29 is 4.79 Å². The molecule has 1 saturated heterocycles. The molecule has 2 fully saturated rings. The lowest BCUT2D eigenvalue weighted by Crippen LogP contribution is -2.40. The third kappa shape index (κ3) is 6.56. The first kappa shape index (κ1) is 19.2. The van der Waals surface area contributed by atoms with Gasteiger partial charge in [-0.25, -0.2) is 0 Å². The number of hydrogen-bond donors (Lipinski definition) is 1. The standard InChI is InChI=1S/C21H26NOS2/c23-21(13-7-6-12-19-14-15-24-25-19)22-20(18-10-4-5-11-18)16-17-8-2-1-3-9-17/h1-5,8-11,19-20H,6-7,12-16H2,(H,22,23)/t19-,20-/m1/s1. The van der Waals surface area contributed by atoms with Crippen LogP contribution in [-0.4, -0.2) is 23.0 Å². The molecule has 1 heterocycles. The van der Waals surface area contributed by atoms with Gasteiger partial charge in [-0.3, -0.25) is 4.79 Å². The van der Waals surface area contributed by atoms with Gasteiger partial charge in [0.05, 0.1) is 0 Å². The molecule has 3 rings (SSSR count). The average molecular weight is 373 g/mol. The SMILES string of the molecule is O=C(CCCC[C@@H]1CCSS1)N[C@H](Cc1ccccc1)[C]1[CH][CH][CH][CH]1. The van der Waals surface area contributed by atoms with Gasteiger partial charge < -0.3 is 5.32 Å². The first-order chi connectivity index (χ1) is 12.3. The number of amides is 1. The van der Waals surface area contributed by atoms with E-state index in [9.17, 15) is 4.79 Å². The summed E-state index contributed by atoms with van der Waals surface area (Å²) in [5.41, 5.74) is 1.25. The number of carbonyl (C=O) groups is 1. The van der Waals surface area contributed by atoms with Crippen LogP contribution in [0.15, 0.2) is 30.3 Å². The van der Waals surface area contributed by atoms with Crippen molar-refractivity contribution >= 4 is 27.5 Å². The van der Waals surface area contributed by atoms with Crippen molar-refractivity contribution in [2.24, 2.45) is 0 Å². The van der Waals surface area contributed by atoms with Gasteiger partial charge in [0.2, 0.25) is 5.91 Å². The van der Waals surface area contributed by atoms with Gasteiger partial charge in [-0.2, -0.15) is 0 Å². The highest BCUT2D eigenvalue weighted by Crippen LogP contribution is 2.39. The fraction of sp³-hybridized carbons (Fsp3) is 0.429. The van der Waals surface area contributed by atoms with E-state index in [4.69, 9.17) is 0 Å². The fourth-order valence-corrected chi connectivity index (χ4v) is 6.24. The Morgan fingerprint density at radius 1 is 1.16 bits per heavy atom. The summed E-state index contributed by atoms with van der Waals surface area (Å²) in [7, 11) is 4.02. The van der Waals surface area contributed by atoms with Crippen LogP contribution in [0.3, 0.4) is 0 Å². The summed E-state index contributed by atoms with van der Waals surface area (Å²) in [5, 5.41) is 4.06. The molecule has 1 aliphatic heterocycles. The van der Waals surface area contributed by atoms with Gasteiger partial charge in [0.25, 0.3) is 0 Å². The summed E-state index contributed by atoms with van der Waals surface area (Å²) in [6.07, 6.45) is 14.5. The largest absolute Gasteiger partial charge is 0.352 e. The van der Waals surface area contributed by atoms with E-state index in [-0.39, 0.29) is 11.9 Å². The Bertz CT molecular complexity index is 510. The normalized spacial score (nSPS) is 22.2. The van der Waals surface area contributed by atoms with Crippen LogP contribution in [0.4, 0.5) is 0 Å². The van der Waals surface area contributed by atoms with Gasteiger partial charge in [-0.1, -0.05) is 58.3 Å². The molecule has 0 bridgehead atoms. The minimum atomic E-state index is 0.0617. The van der Waals surface area contributed by atoms with Gasteiger partial charge in [0, 0.05) is 29.4 Å². The van der Waals surface area contributed by atoms with Crippen LogP contribution in [0, 0.1) is 31.6 Å². The summed E-state index contributed by atoms with van der Waals surface area (Å²) < 4.78 is 0. The number of nitrogens with one attached hydrogen (secondary N) is 1. The Kier molecular flexibility index (Phi) is 8.06. The third-order valence-electron chi connectivity index (χ3n) is 4.62. The molecule has 1 amide bonds. The van der Waals surface area contributed by atoms with Crippen molar-refractivity contribution in [1.29, 1.82) is 0 Å². The summed E-state index contributed by atoms with van der Waals surface area (Å²) in [4.78, 5) is 12.4. The second kappa shape index (κ2) is 10.5. The lowest BCUT2D eigenvalue weighted by molar-refractivity contribution is -0.121. The van der Waals surface area contributed by atoms with Crippen LogP contribution in [-0.2, 0) is 11.2 Å². The van der Waals surface area contributed by atoms with Gasteiger partial charge in [-0.05, 0) is 56.9 Å². The topological polar surface area (TPSA) is 29.1 Å². The molecule has 1 aromatic rings. The first-order valence-corrected chi connectivity index (χ1v) is 11.5. The quantitative estimate of drug-likeness (QED) is 0.497. The van der Waals surface area contributed by atoms with E-state index in [1.165, 1.54) is 30.1 Å². The Morgan fingerprint density at radius 3 is 2.68 bits per heavy atom. The van der Waals surface area contributed by atoms with Gasteiger partial charge in [0.15, 0.2) is 0 Å². The van der Waals surface area contributed by atoms with Crippen molar-refractivity contribution in [2.45, 2.75) is 49.8 Å². The van der Waals surface area contributed by atoms with Crippen molar-refractivity contribution in [3.05, 3.63) is 67.5 Å². The van der Waals surface area contributed by atoms with E-state index >= 15 is 0 Å². The van der Waals surface area contributed by atoms with E-state index in [2.05, 4.69) is 42.4 Å². The van der Waals surface area contributed by atoms with E-state index in [1.54, 1.807) is 0 Å². The molecule has 5 radical (unpaired) electrons. The van der Waals surface area contributed by atoms with Gasteiger partial charge in [0.1, 0.15) is 0 Å². The molecule has 4 heteroatoms. The van der Waals surface area contributed by atoms with E-state index in [0.29, 0.717) is 6.42 Å². The second-order valence-corrected chi connectivity index (χ2v) is 9.39. The van der Waals surface area contributed by atoms with Crippen molar-refractivity contribution in [1.82, 2.24) is 5.32 Å². The highest BCUT2D eigenvalue weighted by molar-refractivity contribution is 8.77. The van der Waals surface area contributed by atoms with E-state index in [0.717, 1.165) is 24.5 Å². The molecule has 2 nitrogen and oxygen atoms in total. The number of benzene rings is 1. The molecule has 0 unspecified atom stereocenters. The molecule has 1 aliphatic carbocycles. The Labute approximate surface area is 160 Å². The molecule has 0 spiro atoms. The Hall–Kier alpha value is -0.610. The lowest BCUT2D eigenvalue weighted by atomic mass is 9.92. The van der Waals surface area contributed by atoms with Crippen LogP contribution in [0.2, 0.25) is 0 Å². The molecule has 0 aromatic heterocycles. The molecule has 2 atom stereocenters. The zero-order valence-electron chi connectivity index (χ0n) is 14.5. The summed E-state index contributed by atoms with van der Waals surface area (Å²) in [6, 6.07) is 10.4. The molecule has 1 N–H and O–H groups in total. The smallest absolute Gasteiger partial charge is 0.220 e. The van der Waals surface area contributed by atoms with Crippen molar-refractivity contribution in [2.75, 3.05) is 5.75 Å². The monoisotopic (exact) mass is 372 g/mol. The van der Waals surface area contributed by atoms with Crippen LogP contribution >= 0.6 is 21.6 Å². The highest BCUT2D eigenvalue weighted by Gasteiger charge is 2.27. The Balaban J connectivity index is 1.42. The molecule has 2 aliphatic rings. The maximum absolute atomic E-state index is 12.4. The summed E-state index contributed by atoms with van der Waals surface area (Å²) in [5.74, 6) is 2.66. The van der Waals surface area contributed by atoms with E-state index in [1.807, 2.05) is 40.5 Å². The minimum Gasteiger partial charge on any atom is -0.352 e. The van der Waals surface area contributed by atoms with Crippen LogP contribution < -0.4 is 5.32 Å². The van der Waals surface area contributed by atoms with Crippen LogP contribution in [0.25, 0.3) is 0 Å². The maximum atomic E-state index is 12.4. The average Bonchev–Trinajstić information content (AvgIpc) is 3.33. The molecule has 1 aromatic carbocycles. The maximum Gasteiger partial charge on any atom is 0.220 e. The number of hydrogen-bond acceptors (Lipinski definition) is 3. The van der Waals surface area contributed by atoms with Crippen LogP contribution in [0.5, 0.6) is 0 Å². The molecular formula is C21H26NOS2. The summed E-state index contributed by atoms with van der Waals surface area (Å²) >= 11 is 0. The lowest BCUT2D eigenvalue weighted by Gasteiger charge is -2.24. The second-order valence-electron chi connectivity index (χ2n) is 6.60. The van der Waals surface area contributed by atoms with Crippen LogP contribution in [0.1, 0.15) is 37.7 Å².